The largest absolute Gasteiger partial charge is 0.223 e. The Kier molecular flexibility index (Phi) is 3.61. The maximum Gasteiger partial charge on any atom is 0.182 e. The lowest BCUT2D eigenvalue weighted by Crippen LogP contribution is -2.06. The number of rotatable bonds is 3. The van der Waals surface area contributed by atoms with E-state index in [2.05, 4.69) is 0 Å². The molecule has 2 nitrogen and oxygen atoms in total. The number of hydrogen-bond acceptors (Lipinski definition) is 2. The Balaban J connectivity index is 2.33. The first-order valence-corrected chi connectivity index (χ1v) is 6.96. The standard InChI is InChI=1S/C13H9F3O2S/c14-10-2-1-3-11(7-10)19(17,18)8-9-4-5-12(15)13(16)6-9/h1-7H,8H2. The van der Waals surface area contributed by atoms with Crippen LogP contribution < -0.4 is 0 Å². The van der Waals surface area contributed by atoms with Crippen LogP contribution in [0.15, 0.2) is 47.4 Å². The van der Waals surface area contributed by atoms with Crippen molar-refractivity contribution in [2.45, 2.75) is 10.6 Å². The third-order valence-corrected chi connectivity index (χ3v) is 4.18. The van der Waals surface area contributed by atoms with Gasteiger partial charge in [-0.05, 0) is 35.9 Å². The summed E-state index contributed by atoms with van der Waals surface area (Å²) >= 11 is 0. The molecule has 19 heavy (non-hydrogen) atoms. The molecular weight excluding hydrogens is 277 g/mol. The van der Waals surface area contributed by atoms with Crippen molar-refractivity contribution >= 4 is 9.84 Å². The fourth-order valence-electron chi connectivity index (χ4n) is 1.59. The SMILES string of the molecule is O=S(=O)(Cc1ccc(F)c(F)c1)c1cccc(F)c1. The van der Waals surface area contributed by atoms with E-state index >= 15 is 0 Å². The third-order valence-electron chi connectivity index (χ3n) is 2.50. The minimum atomic E-state index is -3.79. The van der Waals surface area contributed by atoms with Gasteiger partial charge in [0, 0.05) is 0 Å². The van der Waals surface area contributed by atoms with E-state index in [0.29, 0.717) is 0 Å². The van der Waals surface area contributed by atoms with Gasteiger partial charge in [-0.25, -0.2) is 21.6 Å². The van der Waals surface area contributed by atoms with Crippen molar-refractivity contribution < 1.29 is 21.6 Å². The molecule has 0 bridgehead atoms. The summed E-state index contributed by atoms with van der Waals surface area (Å²) in [5.41, 5.74) is 0.100. The smallest absolute Gasteiger partial charge is 0.182 e. The Morgan fingerprint density at radius 3 is 2.26 bits per heavy atom. The van der Waals surface area contributed by atoms with Crippen molar-refractivity contribution in [1.82, 2.24) is 0 Å². The van der Waals surface area contributed by atoms with Crippen molar-refractivity contribution in [3.05, 3.63) is 65.5 Å². The molecule has 0 aliphatic carbocycles. The molecule has 0 heterocycles. The molecule has 0 amide bonds. The van der Waals surface area contributed by atoms with Crippen molar-refractivity contribution in [3.8, 4) is 0 Å². The van der Waals surface area contributed by atoms with Crippen LogP contribution in [0.4, 0.5) is 13.2 Å². The molecule has 0 fully saturated rings. The number of hydrogen-bond donors (Lipinski definition) is 0. The van der Waals surface area contributed by atoms with Gasteiger partial charge in [-0.3, -0.25) is 0 Å². The van der Waals surface area contributed by atoms with Gasteiger partial charge in [0.2, 0.25) is 0 Å². The molecule has 0 radical (unpaired) electrons. The molecule has 0 atom stereocenters. The Bertz CT molecular complexity index is 712. The second kappa shape index (κ2) is 5.05. The van der Waals surface area contributed by atoms with Gasteiger partial charge in [0.1, 0.15) is 5.82 Å². The summed E-state index contributed by atoms with van der Waals surface area (Å²) < 4.78 is 62.6. The zero-order chi connectivity index (χ0) is 14.0. The normalized spacial score (nSPS) is 11.5. The predicted molar refractivity (Wildman–Crippen MR) is 63.6 cm³/mol. The van der Waals surface area contributed by atoms with Gasteiger partial charge < -0.3 is 0 Å². The first-order valence-electron chi connectivity index (χ1n) is 5.31. The third kappa shape index (κ3) is 3.14. The van der Waals surface area contributed by atoms with Crippen LogP contribution in [-0.4, -0.2) is 8.42 Å². The lowest BCUT2D eigenvalue weighted by molar-refractivity contribution is 0.507. The van der Waals surface area contributed by atoms with Crippen LogP contribution in [0.2, 0.25) is 0 Å². The van der Waals surface area contributed by atoms with Crippen LogP contribution in [0, 0.1) is 17.5 Å². The molecule has 0 N–H and O–H groups in total. The van der Waals surface area contributed by atoms with Crippen molar-refractivity contribution in [2.24, 2.45) is 0 Å². The molecule has 2 aromatic carbocycles. The fourth-order valence-corrected chi connectivity index (χ4v) is 2.96. The highest BCUT2D eigenvalue weighted by Gasteiger charge is 2.17. The van der Waals surface area contributed by atoms with Gasteiger partial charge in [0.05, 0.1) is 10.6 Å². The molecule has 0 aromatic heterocycles. The first-order chi connectivity index (χ1) is 8.88. The van der Waals surface area contributed by atoms with E-state index in [0.717, 1.165) is 24.3 Å². The van der Waals surface area contributed by atoms with E-state index < -0.39 is 33.0 Å². The Morgan fingerprint density at radius 2 is 1.63 bits per heavy atom. The lowest BCUT2D eigenvalue weighted by Gasteiger charge is -2.05. The van der Waals surface area contributed by atoms with E-state index in [-0.39, 0.29) is 10.5 Å². The van der Waals surface area contributed by atoms with Gasteiger partial charge in [0.15, 0.2) is 21.5 Å². The monoisotopic (exact) mass is 286 g/mol. The fraction of sp³-hybridized carbons (Fsp3) is 0.0769. The average molecular weight is 286 g/mol. The van der Waals surface area contributed by atoms with Gasteiger partial charge in [-0.1, -0.05) is 12.1 Å². The molecule has 0 aliphatic rings. The topological polar surface area (TPSA) is 34.1 Å². The summed E-state index contributed by atoms with van der Waals surface area (Å²) in [6, 6.07) is 7.37. The van der Waals surface area contributed by atoms with E-state index in [1.165, 1.54) is 18.2 Å². The minimum Gasteiger partial charge on any atom is -0.223 e. The summed E-state index contributed by atoms with van der Waals surface area (Å²) in [4.78, 5) is -0.197. The highest BCUT2D eigenvalue weighted by molar-refractivity contribution is 7.90. The molecule has 0 saturated heterocycles. The second-order valence-corrected chi connectivity index (χ2v) is 5.95. The summed E-state index contributed by atoms with van der Waals surface area (Å²) in [5, 5.41) is 0. The predicted octanol–water partition coefficient (Wildman–Crippen LogP) is 3.08. The van der Waals surface area contributed by atoms with Gasteiger partial charge in [-0.15, -0.1) is 0 Å². The molecule has 0 unspecified atom stereocenters. The quantitative estimate of drug-likeness (QED) is 0.869. The molecule has 0 aliphatic heterocycles. The summed E-state index contributed by atoms with van der Waals surface area (Å²) in [5.74, 6) is -3.36. The summed E-state index contributed by atoms with van der Waals surface area (Å²) in [7, 11) is -3.79. The zero-order valence-corrected chi connectivity index (χ0v) is 10.4. The van der Waals surface area contributed by atoms with Crippen LogP contribution in [0.3, 0.4) is 0 Å². The van der Waals surface area contributed by atoms with Gasteiger partial charge in [0.25, 0.3) is 0 Å². The van der Waals surface area contributed by atoms with E-state index in [1.807, 2.05) is 0 Å². The van der Waals surface area contributed by atoms with E-state index in [1.54, 1.807) is 0 Å². The average Bonchev–Trinajstić information content (AvgIpc) is 2.33. The number of halogens is 3. The molecular formula is C13H9F3O2S. The molecule has 2 aromatic rings. The van der Waals surface area contributed by atoms with E-state index in [9.17, 15) is 21.6 Å². The molecule has 6 heteroatoms. The van der Waals surface area contributed by atoms with Crippen molar-refractivity contribution in [3.63, 3.8) is 0 Å². The Hall–Kier alpha value is -1.82. The van der Waals surface area contributed by atoms with Crippen molar-refractivity contribution in [1.29, 1.82) is 0 Å². The summed E-state index contributed by atoms with van der Waals surface area (Å²) in [6.45, 7) is 0. The first kappa shape index (κ1) is 13.6. The van der Waals surface area contributed by atoms with Gasteiger partial charge >= 0.3 is 0 Å². The molecule has 0 saturated carbocycles. The summed E-state index contributed by atoms with van der Waals surface area (Å²) in [6.07, 6.45) is 0. The van der Waals surface area contributed by atoms with Crippen LogP contribution in [0.25, 0.3) is 0 Å². The maximum absolute atomic E-state index is 13.0. The molecule has 100 valence electrons. The van der Waals surface area contributed by atoms with Gasteiger partial charge in [-0.2, -0.15) is 0 Å². The molecule has 0 spiro atoms. The van der Waals surface area contributed by atoms with Crippen LogP contribution >= 0.6 is 0 Å². The highest BCUT2D eigenvalue weighted by Crippen LogP contribution is 2.18. The second-order valence-electron chi connectivity index (χ2n) is 3.96. The lowest BCUT2D eigenvalue weighted by atomic mass is 10.2. The molecule has 2 rings (SSSR count). The minimum absolute atomic E-state index is 0.100. The van der Waals surface area contributed by atoms with Crippen LogP contribution in [0.1, 0.15) is 5.56 Å². The Labute approximate surface area is 108 Å². The van der Waals surface area contributed by atoms with E-state index in [4.69, 9.17) is 0 Å². The zero-order valence-electron chi connectivity index (χ0n) is 9.61. The maximum atomic E-state index is 13.0. The highest BCUT2D eigenvalue weighted by atomic mass is 32.2. The van der Waals surface area contributed by atoms with Crippen LogP contribution in [0.5, 0.6) is 0 Å². The number of sulfone groups is 1. The van der Waals surface area contributed by atoms with Crippen molar-refractivity contribution in [2.75, 3.05) is 0 Å². The van der Waals surface area contributed by atoms with Crippen LogP contribution in [-0.2, 0) is 15.6 Å². The Morgan fingerprint density at radius 1 is 0.895 bits per heavy atom. The number of benzene rings is 2.